The van der Waals surface area contributed by atoms with E-state index in [4.69, 9.17) is 16.3 Å². The van der Waals surface area contributed by atoms with Gasteiger partial charge in [0.25, 0.3) is 5.69 Å². The average molecular weight is 410 g/mol. The van der Waals surface area contributed by atoms with Gasteiger partial charge in [0.15, 0.2) is 11.5 Å². The van der Waals surface area contributed by atoms with Crippen molar-refractivity contribution in [2.45, 2.75) is 11.3 Å². The minimum atomic E-state index is -0.637. The van der Waals surface area contributed by atoms with Crippen LogP contribution in [0, 0.1) is 10.1 Å². The number of carbonyl (C=O) groups is 1. The van der Waals surface area contributed by atoms with Crippen molar-refractivity contribution in [3.05, 3.63) is 56.6 Å². The van der Waals surface area contributed by atoms with Crippen LogP contribution in [0.5, 0.6) is 11.5 Å². The summed E-state index contributed by atoms with van der Waals surface area (Å²) in [7, 11) is 1.28. The number of phenolic OH excluding ortho intramolecular Hbond substituents is 1. The molecule has 0 bridgehead atoms. The topological polar surface area (TPSA) is 114 Å². The third kappa shape index (κ3) is 5.35. The quantitative estimate of drug-likeness (QED) is 0.313. The Morgan fingerprint density at radius 3 is 2.81 bits per heavy atom. The molecule has 0 saturated carbocycles. The summed E-state index contributed by atoms with van der Waals surface area (Å²) in [5.74, 6) is -0.725. The maximum absolute atomic E-state index is 12.1. The lowest BCUT2D eigenvalue weighted by Gasteiger charge is -2.07. The second kappa shape index (κ2) is 9.24. The molecule has 10 heteroatoms. The van der Waals surface area contributed by atoms with Gasteiger partial charge in [0.05, 0.1) is 36.3 Å². The number of hydrogen-bond donors (Lipinski definition) is 2. The monoisotopic (exact) mass is 409 g/mol. The zero-order valence-corrected chi connectivity index (χ0v) is 16.0. The third-order valence-corrected chi connectivity index (χ3v) is 4.58. The summed E-state index contributed by atoms with van der Waals surface area (Å²) < 4.78 is 4.85. The predicted octanol–water partition coefficient (Wildman–Crippen LogP) is 3.38. The molecule has 0 aliphatic heterocycles. The number of carbonyl (C=O) groups excluding carboxylic acids is 1. The average Bonchev–Trinajstić information content (AvgIpc) is 2.61. The van der Waals surface area contributed by atoms with Crippen LogP contribution < -0.4 is 10.2 Å². The van der Waals surface area contributed by atoms with Crippen LogP contribution in [0.15, 0.2) is 40.3 Å². The van der Waals surface area contributed by atoms with Crippen molar-refractivity contribution < 1.29 is 19.6 Å². The Morgan fingerprint density at radius 1 is 1.44 bits per heavy atom. The highest BCUT2D eigenvalue weighted by Gasteiger charge is 2.17. The van der Waals surface area contributed by atoms with E-state index in [0.29, 0.717) is 5.02 Å². The Hall–Kier alpha value is -2.78. The number of nitrogens with one attached hydrogen (secondary N) is 1. The fraction of sp³-hybridized carbons (Fsp3) is 0.176. The fourth-order valence-electron chi connectivity index (χ4n) is 2.27. The molecule has 0 aromatic heterocycles. The van der Waals surface area contributed by atoms with E-state index in [1.165, 1.54) is 18.9 Å². The van der Waals surface area contributed by atoms with Gasteiger partial charge in [0.1, 0.15) is 0 Å². The Labute approximate surface area is 164 Å². The first-order valence-electron chi connectivity index (χ1n) is 7.55. The molecule has 0 unspecified atom stereocenters. The van der Waals surface area contributed by atoms with Crippen molar-refractivity contribution in [3.8, 4) is 11.5 Å². The van der Waals surface area contributed by atoms with E-state index < -0.39 is 10.8 Å². The van der Waals surface area contributed by atoms with Gasteiger partial charge >= 0.3 is 0 Å². The molecular formula is C17H16ClN3O5S. The summed E-state index contributed by atoms with van der Waals surface area (Å²) in [6.07, 6.45) is 3.02. The van der Waals surface area contributed by atoms with Gasteiger partial charge in [-0.25, -0.2) is 5.43 Å². The number of amides is 1. The minimum absolute atomic E-state index is 0.0196. The second-order valence-corrected chi connectivity index (χ2v) is 6.55. The molecule has 0 fully saturated rings. The normalized spacial score (nSPS) is 10.8. The van der Waals surface area contributed by atoms with E-state index in [0.717, 1.165) is 28.8 Å². The van der Waals surface area contributed by atoms with E-state index in [9.17, 15) is 20.0 Å². The van der Waals surface area contributed by atoms with Crippen molar-refractivity contribution >= 4 is 41.2 Å². The summed E-state index contributed by atoms with van der Waals surface area (Å²) in [6, 6.07) is 7.47. The Balaban J connectivity index is 2.13. The van der Waals surface area contributed by atoms with E-state index in [-0.39, 0.29) is 29.2 Å². The predicted molar refractivity (Wildman–Crippen MR) is 104 cm³/mol. The number of aromatic hydroxyl groups is 1. The van der Waals surface area contributed by atoms with Crippen LogP contribution in [0.3, 0.4) is 0 Å². The van der Waals surface area contributed by atoms with Gasteiger partial charge in [-0.05, 0) is 36.1 Å². The van der Waals surface area contributed by atoms with Crippen LogP contribution in [0.4, 0.5) is 5.69 Å². The molecule has 2 aromatic carbocycles. The van der Waals surface area contributed by atoms with Gasteiger partial charge < -0.3 is 9.84 Å². The molecule has 0 atom stereocenters. The molecule has 0 radical (unpaired) electrons. The maximum atomic E-state index is 12.1. The smallest absolute Gasteiger partial charge is 0.282 e. The largest absolute Gasteiger partial charge is 0.504 e. The first kappa shape index (κ1) is 20.5. The van der Waals surface area contributed by atoms with Gasteiger partial charge in [0, 0.05) is 9.92 Å². The fourth-order valence-corrected chi connectivity index (χ4v) is 3.06. The zero-order chi connectivity index (χ0) is 20.0. The van der Waals surface area contributed by atoms with Crippen LogP contribution in [0.1, 0.15) is 11.1 Å². The van der Waals surface area contributed by atoms with E-state index in [1.807, 2.05) is 12.3 Å². The molecule has 27 heavy (non-hydrogen) atoms. The van der Waals surface area contributed by atoms with Crippen molar-refractivity contribution in [3.63, 3.8) is 0 Å². The van der Waals surface area contributed by atoms with Crippen LogP contribution in [-0.4, -0.2) is 35.5 Å². The van der Waals surface area contributed by atoms with E-state index >= 15 is 0 Å². The maximum Gasteiger partial charge on any atom is 0.282 e. The molecule has 1 amide bonds. The molecule has 0 spiro atoms. The standard InChI is InChI=1S/C17H16ClN3O5S/c1-26-15-8-13(21(24)25)11(6-14(15)22)9-19-20-17(23)7-10-5-12(18)3-4-16(10)27-2/h3-6,8-9,22H,7H2,1-2H3,(H,20,23)/b19-9-. The number of hydrogen-bond acceptors (Lipinski definition) is 7. The van der Waals surface area contributed by atoms with Gasteiger partial charge in [-0.3, -0.25) is 14.9 Å². The number of nitro benzene ring substituents is 1. The SMILES string of the molecule is COc1cc([N+](=O)[O-])c(/C=N\NC(=O)Cc2cc(Cl)ccc2SC)cc1O. The lowest BCUT2D eigenvalue weighted by atomic mass is 10.1. The van der Waals surface area contributed by atoms with Crippen LogP contribution >= 0.6 is 23.4 Å². The number of phenols is 1. The molecule has 2 rings (SSSR count). The Morgan fingerprint density at radius 2 is 2.19 bits per heavy atom. The Bertz CT molecular complexity index is 904. The van der Waals surface area contributed by atoms with Crippen molar-refractivity contribution in [1.82, 2.24) is 5.43 Å². The van der Waals surface area contributed by atoms with Crippen LogP contribution in [0.25, 0.3) is 0 Å². The third-order valence-electron chi connectivity index (χ3n) is 3.51. The van der Waals surface area contributed by atoms with Gasteiger partial charge in [-0.2, -0.15) is 5.10 Å². The number of benzene rings is 2. The van der Waals surface area contributed by atoms with Crippen LogP contribution in [0.2, 0.25) is 5.02 Å². The minimum Gasteiger partial charge on any atom is -0.504 e. The molecule has 0 aliphatic rings. The number of halogens is 1. The number of nitro groups is 1. The molecule has 0 heterocycles. The number of nitrogens with zero attached hydrogens (tertiary/aromatic N) is 2. The molecule has 142 valence electrons. The highest BCUT2D eigenvalue weighted by atomic mass is 35.5. The molecule has 8 nitrogen and oxygen atoms in total. The van der Waals surface area contributed by atoms with E-state index in [2.05, 4.69) is 10.5 Å². The second-order valence-electron chi connectivity index (χ2n) is 5.27. The number of thioether (sulfide) groups is 1. The molecule has 2 N–H and O–H groups in total. The molecule has 0 aliphatic carbocycles. The molecule has 2 aromatic rings. The van der Waals surface area contributed by atoms with E-state index in [1.54, 1.807) is 12.1 Å². The van der Waals surface area contributed by atoms with Gasteiger partial charge in [0.2, 0.25) is 5.91 Å². The summed E-state index contributed by atoms with van der Waals surface area (Å²) in [5.41, 5.74) is 2.76. The first-order chi connectivity index (χ1) is 12.8. The number of hydrazone groups is 1. The first-order valence-corrected chi connectivity index (χ1v) is 9.15. The molecular weight excluding hydrogens is 394 g/mol. The van der Waals surface area contributed by atoms with Crippen molar-refractivity contribution in [2.75, 3.05) is 13.4 Å². The zero-order valence-electron chi connectivity index (χ0n) is 14.4. The van der Waals surface area contributed by atoms with Crippen molar-refractivity contribution in [2.24, 2.45) is 5.10 Å². The number of rotatable bonds is 7. The van der Waals surface area contributed by atoms with Crippen molar-refractivity contribution in [1.29, 1.82) is 0 Å². The lowest BCUT2D eigenvalue weighted by molar-refractivity contribution is -0.385. The molecule has 0 saturated heterocycles. The summed E-state index contributed by atoms with van der Waals surface area (Å²) in [5, 5.41) is 25.2. The lowest BCUT2D eigenvalue weighted by Crippen LogP contribution is -2.20. The van der Waals surface area contributed by atoms with Gasteiger partial charge in [-0.15, -0.1) is 11.8 Å². The number of ether oxygens (including phenoxy) is 1. The summed E-state index contributed by atoms with van der Waals surface area (Å²) in [6.45, 7) is 0. The highest BCUT2D eigenvalue weighted by molar-refractivity contribution is 7.98. The highest BCUT2D eigenvalue weighted by Crippen LogP contribution is 2.32. The summed E-state index contributed by atoms with van der Waals surface area (Å²) >= 11 is 7.45. The van der Waals surface area contributed by atoms with Gasteiger partial charge in [-0.1, -0.05) is 11.6 Å². The number of methoxy groups -OCH3 is 1. The van der Waals surface area contributed by atoms with Crippen LogP contribution in [-0.2, 0) is 11.2 Å². The summed E-state index contributed by atoms with van der Waals surface area (Å²) in [4.78, 5) is 23.5. The Kier molecular flexibility index (Phi) is 7.03.